The molecule has 0 fully saturated rings. The molecule has 148 valence electrons. The summed E-state index contributed by atoms with van der Waals surface area (Å²) in [7, 11) is -2.92. The van der Waals surface area contributed by atoms with Crippen molar-refractivity contribution in [2.45, 2.75) is 32.6 Å². The molecule has 0 N–H and O–H groups in total. The Bertz CT molecular complexity index is 660. The van der Waals surface area contributed by atoms with Crippen molar-refractivity contribution in [2.24, 2.45) is 7.05 Å². The van der Waals surface area contributed by atoms with Crippen LogP contribution in [0.25, 0.3) is 12.2 Å². The highest BCUT2D eigenvalue weighted by molar-refractivity contribution is 5.69. The molecule has 1 heterocycles. The van der Waals surface area contributed by atoms with E-state index in [2.05, 4.69) is 55.7 Å². The molecule has 1 aromatic heterocycles. The van der Waals surface area contributed by atoms with E-state index in [1.54, 1.807) is 0 Å². The van der Waals surface area contributed by atoms with Crippen LogP contribution in [0.5, 0.6) is 5.75 Å². The summed E-state index contributed by atoms with van der Waals surface area (Å²) in [6.07, 6.45) is 13.3. The Kier molecular flexibility index (Phi) is 10.6. The lowest BCUT2D eigenvalue weighted by atomic mass is 10.1. The van der Waals surface area contributed by atoms with Gasteiger partial charge in [0.25, 0.3) is 0 Å². The minimum Gasteiger partial charge on any atom is -0.494 e. The molecule has 0 unspecified atom stereocenters. The van der Waals surface area contributed by atoms with Crippen molar-refractivity contribution in [3.8, 4) is 5.75 Å². The van der Waals surface area contributed by atoms with Crippen molar-refractivity contribution in [3.05, 3.63) is 59.9 Å². The second kappa shape index (κ2) is 12.4. The second-order valence-corrected chi connectivity index (χ2v) is 6.74. The average molecular weight is 396 g/mol. The molecule has 27 heavy (non-hydrogen) atoms. The number of benzene rings is 1. The molecule has 6 nitrogen and oxygen atoms in total. The maximum absolute atomic E-state index is 8.49. The number of rotatable bonds is 8. The third-order valence-corrected chi connectivity index (χ3v) is 3.62. The maximum Gasteiger partial charge on any atom is 0.169 e. The monoisotopic (exact) mass is 395 g/mol. The number of hydrogen-bond acceptors (Lipinski definition) is 5. The van der Waals surface area contributed by atoms with Gasteiger partial charge in [0.15, 0.2) is 12.4 Å². The fourth-order valence-electron chi connectivity index (χ4n) is 2.21. The predicted molar refractivity (Wildman–Crippen MR) is 92.6 cm³/mol. The van der Waals surface area contributed by atoms with Gasteiger partial charge in [0, 0.05) is 12.1 Å². The van der Waals surface area contributed by atoms with Gasteiger partial charge in [-0.25, -0.2) is 23.2 Å². The predicted octanol–water partition coefficient (Wildman–Crippen LogP) is -0.115. The highest BCUT2D eigenvalue weighted by Gasteiger charge is 1.95. The maximum atomic E-state index is 8.49. The Morgan fingerprint density at radius 3 is 1.89 bits per heavy atom. The highest BCUT2D eigenvalue weighted by atomic mass is 35.7. The van der Waals surface area contributed by atoms with E-state index in [-0.39, 0.29) is 0 Å². The lowest BCUT2D eigenvalue weighted by Gasteiger charge is -2.17. The van der Waals surface area contributed by atoms with Gasteiger partial charge < -0.3 is 4.74 Å². The zero-order valence-corrected chi connectivity index (χ0v) is 16.4. The molecule has 0 saturated carbocycles. The molecule has 7 heteroatoms. The molecule has 2 rings (SSSR count). The topological polar surface area (TPSA) is 105 Å². The van der Waals surface area contributed by atoms with Crippen LogP contribution in [0.2, 0.25) is 0 Å². The van der Waals surface area contributed by atoms with Gasteiger partial charge in [0.1, 0.15) is 12.8 Å². The van der Waals surface area contributed by atoms with Crippen LogP contribution in [0.1, 0.15) is 43.7 Å². The van der Waals surface area contributed by atoms with Crippen LogP contribution < -0.4 is 27.9 Å². The Morgan fingerprint density at radius 1 is 0.852 bits per heavy atom. The molecule has 0 amide bonds. The lowest BCUT2D eigenvalue weighted by molar-refractivity contribution is -2.00. The fourth-order valence-corrected chi connectivity index (χ4v) is 2.21. The van der Waals surface area contributed by atoms with Crippen molar-refractivity contribution in [3.63, 3.8) is 0 Å². The number of unbranched alkanes of at least 4 members (excludes halogenated alkanes) is 3. The molecular weight excluding hydrogens is 370 g/mol. The summed E-state index contributed by atoms with van der Waals surface area (Å²) in [4.78, 5) is 0. The molecule has 0 bridgehead atoms. The van der Waals surface area contributed by atoms with Crippen molar-refractivity contribution in [1.82, 2.24) is 0 Å². The van der Waals surface area contributed by atoms with Gasteiger partial charge in [-0.2, -0.15) is 0 Å². The second-order valence-electron chi connectivity index (χ2n) is 5.99. The first-order valence-corrected chi connectivity index (χ1v) is 9.99. The first-order valence-electron chi connectivity index (χ1n) is 8.76. The minimum atomic E-state index is -4.94. The number of aryl methyl sites for hydroxylation is 1. The van der Waals surface area contributed by atoms with Crippen LogP contribution >= 0.6 is 0 Å². The summed E-state index contributed by atoms with van der Waals surface area (Å²) < 4.78 is 41.8. The largest absolute Gasteiger partial charge is 0.494 e. The van der Waals surface area contributed by atoms with E-state index < -0.39 is 10.2 Å². The van der Waals surface area contributed by atoms with Crippen LogP contribution in [0.15, 0.2) is 48.8 Å². The van der Waals surface area contributed by atoms with Gasteiger partial charge in [-0.3, -0.25) is 0 Å². The Balaban J connectivity index is 0.000000646. The van der Waals surface area contributed by atoms with Crippen molar-refractivity contribution in [2.75, 3.05) is 6.61 Å². The standard InChI is InChI=1S/C20H26NO.ClHO4/c1-3-4-5-6-17-22-20-11-9-18(10-12-20)7-8-19-13-15-21(2)16-14-19;2-1(3,4)5/h7-16H,3-6,17H2,1-2H3;(H,2,3,4,5)/q+1;/p-1/b8-7+;. The fraction of sp³-hybridized carbons (Fsp3) is 0.350. The van der Waals surface area contributed by atoms with Crippen LogP contribution in [0, 0.1) is 10.2 Å². The molecule has 0 spiro atoms. The normalized spacial score (nSPS) is 11.2. The first kappa shape index (κ1) is 23.1. The molecule has 0 saturated heterocycles. The summed E-state index contributed by atoms with van der Waals surface area (Å²) in [5.41, 5.74) is 2.39. The van der Waals surface area contributed by atoms with Gasteiger partial charge in [0.05, 0.1) is 6.61 Å². The van der Waals surface area contributed by atoms with Gasteiger partial charge in [-0.05, 0) is 29.7 Å². The van der Waals surface area contributed by atoms with Gasteiger partial charge >= 0.3 is 0 Å². The molecule has 0 aliphatic heterocycles. The van der Waals surface area contributed by atoms with Crippen LogP contribution in [-0.2, 0) is 7.05 Å². The smallest absolute Gasteiger partial charge is 0.169 e. The number of nitrogens with zero attached hydrogens (tertiary/aromatic N) is 1. The Hall–Kier alpha value is -1.96. The molecule has 1 aromatic carbocycles. The van der Waals surface area contributed by atoms with Gasteiger partial charge in [-0.1, -0.05) is 50.5 Å². The zero-order chi connectivity index (χ0) is 20.1. The molecule has 2 aromatic rings. The number of hydrogen-bond donors (Lipinski definition) is 0. The minimum absolute atomic E-state index is 0.816. The van der Waals surface area contributed by atoms with E-state index in [1.165, 1.54) is 30.4 Å². The molecule has 0 aliphatic carbocycles. The third-order valence-electron chi connectivity index (χ3n) is 3.62. The van der Waals surface area contributed by atoms with Crippen LogP contribution in [0.4, 0.5) is 0 Å². The van der Waals surface area contributed by atoms with Gasteiger partial charge in [-0.15, -0.1) is 10.2 Å². The van der Waals surface area contributed by atoms with E-state index in [0.717, 1.165) is 18.8 Å². The quantitative estimate of drug-likeness (QED) is 0.458. The first-order chi connectivity index (χ1) is 12.8. The summed E-state index contributed by atoms with van der Waals surface area (Å²) in [5, 5.41) is 0. The zero-order valence-electron chi connectivity index (χ0n) is 15.7. The van der Waals surface area contributed by atoms with Crippen molar-refractivity contribution >= 4 is 12.2 Å². The van der Waals surface area contributed by atoms with Gasteiger partial charge in [0.2, 0.25) is 0 Å². The van der Waals surface area contributed by atoms with E-state index in [4.69, 9.17) is 23.4 Å². The summed E-state index contributed by atoms with van der Waals surface area (Å²) in [6.45, 7) is 3.04. The average Bonchev–Trinajstić information content (AvgIpc) is 2.61. The van der Waals surface area contributed by atoms with E-state index in [0.29, 0.717) is 0 Å². The Morgan fingerprint density at radius 2 is 1.37 bits per heavy atom. The van der Waals surface area contributed by atoms with Crippen molar-refractivity contribution in [1.29, 1.82) is 0 Å². The highest BCUT2D eigenvalue weighted by Crippen LogP contribution is 2.15. The SMILES string of the molecule is CCCCCCOc1ccc(/C=C/c2cc[n+](C)cc2)cc1.[O-][Cl+3]([O-])([O-])[O-]. The Labute approximate surface area is 162 Å². The number of aromatic nitrogens is 1. The lowest BCUT2D eigenvalue weighted by Crippen LogP contribution is -2.68. The van der Waals surface area contributed by atoms with Crippen molar-refractivity contribution < 1.29 is 38.2 Å². The molecule has 0 atom stereocenters. The summed E-state index contributed by atoms with van der Waals surface area (Å²) >= 11 is 0. The van der Waals surface area contributed by atoms with Crippen LogP contribution in [0.3, 0.4) is 0 Å². The number of pyridine rings is 1. The van der Waals surface area contributed by atoms with E-state index >= 15 is 0 Å². The number of halogens is 1. The van der Waals surface area contributed by atoms with Crippen LogP contribution in [-0.4, -0.2) is 6.61 Å². The molecule has 0 radical (unpaired) electrons. The molecule has 0 aliphatic rings. The van der Waals surface area contributed by atoms with E-state index in [1.807, 2.05) is 23.7 Å². The van der Waals surface area contributed by atoms with E-state index in [9.17, 15) is 0 Å². The third kappa shape index (κ3) is 12.9. The summed E-state index contributed by atoms with van der Waals surface area (Å²) in [6, 6.07) is 12.5. The molecular formula is C20H26ClNO5. The summed E-state index contributed by atoms with van der Waals surface area (Å²) in [5.74, 6) is 0.959. The number of ether oxygens (including phenoxy) is 1.